The first kappa shape index (κ1) is 89.0. The summed E-state index contributed by atoms with van der Waals surface area (Å²) in [5.41, 5.74) is 19.3. The number of carbonyl (C=O) groups is 2. The summed E-state index contributed by atoms with van der Waals surface area (Å²) in [5.74, 6) is 4.36. The van der Waals surface area contributed by atoms with E-state index in [2.05, 4.69) is 127 Å². The van der Waals surface area contributed by atoms with Gasteiger partial charge in [-0.2, -0.15) is 15.5 Å². The highest BCUT2D eigenvalue weighted by molar-refractivity contribution is 6.35. The number of esters is 2. The van der Waals surface area contributed by atoms with Gasteiger partial charge in [-0.1, -0.05) is 265 Å². The van der Waals surface area contributed by atoms with Crippen molar-refractivity contribution in [2.45, 2.75) is 211 Å². The number of ether oxygens (including phenoxy) is 6. The predicted octanol–water partition coefficient (Wildman–Crippen LogP) is 21.5. The Kier molecular flexibility index (Phi) is 28.7. The summed E-state index contributed by atoms with van der Waals surface area (Å²) in [5, 5.41) is 31.9. The molecule has 2 aliphatic rings. The number of nitriles is 1. The molecule has 14 aromatic rings. The number of hydrogen-bond acceptors (Lipinski definition) is 17. The Labute approximate surface area is 730 Å². The summed E-state index contributed by atoms with van der Waals surface area (Å²) in [6.07, 6.45) is 22.6. The van der Waals surface area contributed by atoms with E-state index in [4.69, 9.17) is 71.8 Å². The first-order chi connectivity index (χ1) is 59.2. The van der Waals surface area contributed by atoms with Crippen LogP contribution in [0, 0.1) is 70.6 Å². The minimum Gasteiger partial charge on any atom is -0.493 e. The van der Waals surface area contributed by atoms with Crippen molar-refractivity contribution in [3.05, 3.63) is 196 Å². The van der Waals surface area contributed by atoms with Gasteiger partial charge in [-0.25, -0.2) is 47.6 Å². The van der Waals surface area contributed by atoms with E-state index in [0.29, 0.717) is 90.3 Å². The number of halogens is 2. The van der Waals surface area contributed by atoms with Crippen molar-refractivity contribution in [1.29, 1.82) is 5.26 Å². The maximum absolute atomic E-state index is 13.6. The van der Waals surface area contributed by atoms with Gasteiger partial charge in [-0.3, -0.25) is 0 Å². The van der Waals surface area contributed by atoms with Gasteiger partial charge in [0, 0.05) is 66.0 Å². The molecular weight excluding hydrogens is 1580 g/mol. The zero-order valence-electron chi connectivity index (χ0n) is 73.6. The Balaban J connectivity index is 0.000000147. The third-order valence-corrected chi connectivity index (χ3v) is 24.2. The molecule has 8 aromatic heterocycles. The summed E-state index contributed by atoms with van der Waals surface area (Å²) >= 11 is 12.9. The van der Waals surface area contributed by atoms with Crippen molar-refractivity contribution >= 4 is 95.1 Å². The third-order valence-electron chi connectivity index (χ3n) is 23.6. The Morgan fingerprint density at radius 1 is 0.537 bits per heavy atom. The van der Waals surface area contributed by atoms with Gasteiger partial charge in [0.2, 0.25) is 6.79 Å². The number of aryl methyl sites for hydroxylation is 6. The number of rotatable bonds is 28. The molecule has 1 saturated carbocycles. The summed E-state index contributed by atoms with van der Waals surface area (Å²) in [4.78, 5) is 45.6. The van der Waals surface area contributed by atoms with Crippen LogP contribution in [0.2, 0.25) is 10.0 Å². The lowest BCUT2D eigenvalue weighted by molar-refractivity contribution is -0.0251. The number of aromatic nitrogens is 12. The van der Waals surface area contributed by atoms with Crippen LogP contribution in [-0.4, -0.2) is 104 Å². The summed E-state index contributed by atoms with van der Waals surface area (Å²) in [6, 6.07) is 37.0. The van der Waals surface area contributed by atoms with E-state index in [-0.39, 0.29) is 35.9 Å². The number of fused-ring (bicyclic) bond motifs is 7. The topological polar surface area (TPSA) is 234 Å². The molecule has 6 aromatic carbocycles. The molecule has 16 rings (SSSR count). The minimum absolute atomic E-state index is 0.159. The van der Waals surface area contributed by atoms with Gasteiger partial charge in [0.25, 0.3) is 0 Å². The first-order valence-electron chi connectivity index (χ1n) is 43.2. The molecule has 1 aliphatic heterocycles. The molecule has 21 nitrogen and oxygen atoms in total. The average molecular weight is 1700 g/mol. The van der Waals surface area contributed by atoms with Crippen molar-refractivity contribution in [2.24, 2.45) is 17.8 Å². The highest BCUT2D eigenvalue weighted by Crippen LogP contribution is 2.40. The van der Waals surface area contributed by atoms with Crippen LogP contribution in [0.3, 0.4) is 0 Å². The smallest absolute Gasteiger partial charge is 0.343 e. The van der Waals surface area contributed by atoms with Gasteiger partial charge in [0.05, 0.1) is 65.2 Å². The fourth-order valence-electron chi connectivity index (χ4n) is 17.3. The molecule has 2 atom stereocenters. The van der Waals surface area contributed by atoms with E-state index in [0.717, 1.165) is 133 Å². The molecule has 1 aliphatic carbocycles. The van der Waals surface area contributed by atoms with Gasteiger partial charge in [0.1, 0.15) is 29.0 Å². The quantitative estimate of drug-likeness (QED) is 0.0327. The molecule has 123 heavy (non-hydrogen) atoms. The van der Waals surface area contributed by atoms with E-state index in [1.807, 2.05) is 109 Å². The Hall–Kier alpha value is -11.7. The van der Waals surface area contributed by atoms with Gasteiger partial charge < -0.3 is 28.4 Å². The zero-order valence-corrected chi connectivity index (χ0v) is 75.1. The molecule has 640 valence electrons. The number of nitrogens with zero attached hydrogens (tertiary/aromatic N) is 13. The van der Waals surface area contributed by atoms with Gasteiger partial charge in [-0.15, -0.1) is 10.2 Å². The lowest BCUT2D eigenvalue weighted by Crippen LogP contribution is -2.37. The predicted molar refractivity (Wildman–Crippen MR) is 492 cm³/mol. The molecule has 0 N–H and O–H groups in total. The average Bonchev–Trinajstić information content (AvgIpc) is 1.60. The van der Waals surface area contributed by atoms with Gasteiger partial charge in [-0.05, 0) is 132 Å². The number of benzene rings is 6. The lowest BCUT2D eigenvalue weighted by atomic mass is 9.75. The Morgan fingerprint density at radius 2 is 1.07 bits per heavy atom. The van der Waals surface area contributed by atoms with E-state index in [1.165, 1.54) is 105 Å². The van der Waals surface area contributed by atoms with Crippen LogP contribution >= 0.6 is 23.2 Å². The molecule has 1 fully saturated rings. The van der Waals surface area contributed by atoms with Crippen molar-refractivity contribution in [1.82, 2.24) is 58.4 Å². The summed E-state index contributed by atoms with van der Waals surface area (Å²) in [7, 11) is 3.26. The second-order valence-electron chi connectivity index (χ2n) is 33.6. The van der Waals surface area contributed by atoms with Crippen LogP contribution in [0.4, 0.5) is 0 Å². The summed E-state index contributed by atoms with van der Waals surface area (Å²) < 4.78 is 40.1. The minimum atomic E-state index is -0.521. The highest BCUT2D eigenvalue weighted by atomic mass is 35.5. The van der Waals surface area contributed by atoms with Gasteiger partial charge >= 0.3 is 11.9 Å². The second-order valence-corrected chi connectivity index (χ2v) is 34.4. The monoisotopic (exact) mass is 1690 g/mol. The maximum Gasteiger partial charge on any atom is 0.343 e. The fourth-order valence-corrected chi connectivity index (χ4v) is 17.7. The fraction of sp³-hybridized carbons (Fsp3) is 0.390. The maximum atomic E-state index is 13.6. The van der Waals surface area contributed by atoms with E-state index in [9.17, 15) is 14.9 Å². The van der Waals surface area contributed by atoms with Crippen molar-refractivity contribution in [3.8, 4) is 85.5 Å². The SMILES string of the molecule is C=c1c(-c2c(C)cc(C)cc2C)nn2c(C)c(-c3ccc(OC)c(OC)c3)nc12.C=c1c(-c2cc(Cl)ccc2Cl)c(C(=O)OCCCCCCCCCCCCCCCCCC)c2nc(-c3ccc(C)cc3)nn12.C=c1c(C#N)c(C(=O)OC2C(C)CC(C)CC2C)c2nc(-c3ccc(C)cc3)nn12.C=c1c(C(C)C)nn2c1nc1cc3c(cc12)OCO3. The van der Waals surface area contributed by atoms with Crippen molar-refractivity contribution in [2.75, 3.05) is 27.6 Å². The molecule has 23 heteroatoms. The largest absolute Gasteiger partial charge is 0.493 e. The van der Waals surface area contributed by atoms with Crippen molar-refractivity contribution in [3.63, 3.8) is 0 Å². The third kappa shape index (κ3) is 19.5. The van der Waals surface area contributed by atoms with Crippen LogP contribution in [0.25, 0.3) is 116 Å². The van der Waals surface area contributed by atoms with Crippen LogP contribution in [0.5, 0.6) is 23.0 Å². The van der Waals surface area contributed by atoms with Crippen molar-refractivity contribution < 1.29 is 38.0 Å². The van der Waals surface area contributed by atoms with Gasteiger partial charge in [0.15, 0.2) is 57.2 Å². The summed E-state index contributed by atoms with van der Waals surface area (Å²) in [6.45, 7) is 42.6. The molecular formula is C100H113Cl2N13O8. The zero-order chi connectivity index (χ0) is 87.6. The normalized spacial score (nSPS) is 14.9. The Morgan fingerprint density at radius 3 is 1.63 bits per heavy atom. The lowest BCUT2D eigenvalue weighted by Gasteiger charge is -2.37. The van der Waals surface area contributed by atoms with E-state index in [1.54, 1.807) is 36.9 Å². The molecule has 0 spiro atoms. The molecule has 0 amide bonds. The van der Waals surface area contributed by atoms with E-state index < -0.39 is 11.9 Å². The van der Waals surface area contributed by atoms with Crippen LogP contribution in [0.1, 0.15) is 229 Å². The molecule has 9 heterocycles. The van der Waals surface area contributed by atoms with Crippen LogP contribution < -0.4 is 40.1 Å². The first-order valence-corrected chi connectivity index (χ1v) is 44.0. The van der Waals surface area contributed by atoms with Crippen LogP contribution in [-0.2, 0) is 9.47 Å². The molecule has 0 bridgehead atoms. The molecule has 0 radical (unpaired) electrons. The Bertz CT molecular complexity index is 6370. The molecule has 0 saturated heterocycles. The second kappa shape index (κ2) is 39.6. The molecule has 2 unspecified atom stereocenters. The van der Waals surface area contributed by atoms with Crippen LogP contribution in [0.15, 0.2) is 109 Å². The highest BCUT2D eigenvalue weighted by Gasteiger charge is 2.37. The number of imidazole rings is 2. The number of methoxy groups -OCH3 is 2. The number of unbranched alkanes of at least 4 members (excludes halogenated alkanes) is 15. The number of carbonyl (C=O) groups excluding carboxylic acids is 2. The van der Waals surface area contributed by atoms with E-state index >= 15 is 0 Å². The standard InChI is InChI=1S/C38H49Cl2N3O2.C24H26N4O2.C24H25N3O2.C14H13N3O2/c1-4-5-6-7-8-9-10-11-12-13-14-15-16-17-18-19-26-45-38(44)35-34(32-27-31(39)24-25-33(32)40)29(3)43-37(35)41-36(42-43)30-22-20-28(2)21-23-30;1-13-6-8-18(9-7-13)22-26-23-20(19(12-25)17(5)28(23)27-22)24(29)30-21-15(3)10-14(2)11-16(21)4;1-13-10-14(2)21(15(3)11-13)22-16(4)24-25-23(17(5)27(24)26-22)18-8-9-19(28-6)20(12-18)29-7;1-7(2)13-8(3)14-15-9-4-11-12(19-6-18-11)5-10(9)17(14)16-13/h20-25,27H,3-19,26H2,1-2H3;6-9,14-16,21H,5,10-11H2,1-4H3;8-12H,4H2,1-3,5-7H3;4-5,7H,3,6H2,1-2H3. The number of hydrogen-bond donors (Lipinski definition) is 0.